The zero-order valence-electron chi connectivity index (χ0n) is 13.9. The molecule has 6 heteroatoms. The Morgan fingerprint density at radius 1 is 1.43 bits per heavy atom. The highest BCUT2D eigenvalue weighted by Crippen LogP contribution is 2.28. The molecule has 0 aliphatic carbocycles. The van der Waals surface area contributed by atoms with Crippen molar-refractivity contribution in [2.75, 3.05) is 33.4 Å². The normalized spacial score (nSPS) is 17.7. The average Bonchev–Trinajstić information content (AvgIpc) is 2.54. The molecule has 23 heavy (non-hydrogen) atoms. The maximum Gasteiger partial charge on any atom is 0.260 e. The molecule has 5 nitrogen and oxygen atoms in total. The number of carbonyl (C=O) groups excluding carboxylic acids is 1. The number of ether oxygens (including phenoxy) is 2. The van der Waals surface area contributed by atoms with Crippen LogP contribution in [0.2, 0.25) is 0 Å². The number of carbonyl (C=O) groups is 1. The molecule has 1 aromatic carbocycles. The second-order valence-electron chi connectivity index (χ2n) is 5.34. The van der Waals surface area contributed by atoms with Gasteiger partial charge in [-0.1, -0.05) is 18.2 Å². The lowest BCUT2D eigenvalue weighted by molar-refractivity contribution is -0.136. The number of hydrogen-bond donors (Lipinski definition) is 1. The van der Waals surface area contributed by atoms with E-state index in [1.165, 1.54) is 0 Å². The van der Waals surface area contributed by atoms with Gasteiger partial charge in [0.05, 0.1) is 7.11 Å². The molecule has 0 radical (unpaired) electrons. The lowest BCUT2D eigenvalue weighted by atomic mass is 10.2. The number of amides is 1. The SMILES string of the molecule is C/C=C/c1ccc(OCC(=O)N2CCNC[C@@H]2C)c(OC)c1.Cl. The number of nitrogens with one attached hydrogen (secondary N) is 1. The predicted octanol–water partition coefficient (Wildman–Crippen LogP) is 2.35. The minimum absolute atomic E-state index is 0. The molecule has 0 spiro atoms. The first-order valence-corrected chi connectivity index (χ1v) is 7.59. The van der Waals surface area contributed by atoms with Crippen molar-refractivity contribution in [3.05, 3.63) is 29.8 Å². The Morgan fingerprint density at radius 2 is 2.22 bits per heavy atom. The number of allylic oxidation sites excluding steroid dienone is 1. The van der Waals surface area contributed by atoms with E-state index < -0.39 is 0 Å². The van der Waals surface area contributed by atoms with Crippen LogP contribution in [0.3, 0.4) is 0 Å². The third kappa shape index (κ3) is 5.15. The van der Waals surface area contributed by atoms with Gasteiger partial charge >= 0.3 is 0 Å². The fraction of sp³-hybridized carbons (Fsp3) is 0.471. The van der Waals surface area contributed by atoms with E-state index in [2.05, 4.69) is 5.32 Å². The summed E-state index contributed by atoms with van der Waals surface area (Å²) in [6.45, 7) is 6.41. The van der Waals surface area contributed by atoms with Crippen molar-refractivity contribution in [2.24, 2.45) is 0 Å². The van der Waals surface area contributed by atoms with Crippen LogP contribution in [0.15, 0.2) is 24.3 Å². The van der Waals surface area contributed by atoms with Gasteiger partial charge in [0.2, 0.25) is 0 Å². The van der Waals surface area contributed by atoms with Gasteiger partial charge in [-0.15, -0.1) is 12.4 Å². The summed E-state index contributed by atoms with van der Waals surface area (Å²) in [6, 6.07) is 5.87. The van der Waals surface area contributed by atoms with Gasteiger partial charge in [0.25, 0.3) is 5.91 Å². The summed E-state index contributed by atoms with van der Waals surface area (Å²) >= 11 is 0. The molecule has 1 aliphatic heterocycles. The van der Waals surface area contributed by atoms with Gasteiger partial charge in [-0.25, -0.2) is 0 Å². The Labute approximate surface area is 144 Å². The van der Waals surface area contributed by atoms with E-state index in [4.69, 9.17) is 9.47 Å². The van der Waals surface area contributed by atoms with Gasteiger partial charge in [-0.2, -0.15) is 0 Å². The molecule has 1 saturated heterocycles. The predicted molar refractivity (Wildman–Crippen MR) is 94.5 cm³/mol. The Balaban J connectivity index is 0.00000264. The van der Waals surface area contributed by atoms with Crippen LogP contribution in [0.4, 0.5) is 0 Å². The molecule has 2 rings (SSSR count). The standard InChI is InChI=1S/C17H24N2O3.ClH/c1-4-5-14-6-7-15(16(10-14)21-3)22-12-17(20)19-9-8-18-11-13(19)2;/h4-7,10,13,18H,8-9,11-12H2,1-3H3;1H/b5-4+;/t13-;/m0./s1. The Kier molecular flexibility index (Phi) is 7.92. The fourth-order valence-corrected chi connectivity index (χ4v) is 2.53. The molecule has 0 unspecified atom stereocenters. The van der Waals surface area contributed by atoms with Crippen LogP contribution in [0.25, 0.3) is 6.08 Å². The van der Waals surface area contributed by atoms with Crippen molar-refractivity contribution in [3.63, 3.8) is 0 Å². The molecule has 1 aromatic rings. The van der Waals surface area contributed by atoms with E-state index >= 15 is 0 Å². The number of hydrogen-bond acceptors (Lipinski definition) is 4. The minimum atomic E-state index is 0. The van der Waals surface area contributed by atoms with Crippen molar-refractivity contribution in [1.82, 2.24) is 10.2 Å². The summed E-state index contributed by atoms with van der Waals surface area (Å²) < 4.78 is 11.0. The molecule has 0 aromatic heterocycles. The van der Waals surface area contributed by atoms with Crippen LogP contribution in [-0.2, 0) is 4.79 Å². The highest BCUT2D eigenvalue weighted by atomic mass is 35.5. The van der Waals surface area contributed by atoms with Crippen LogP contribution in [0.5, 0.6) is 11.5 Å². The molecule has 1 atom stereocenters. The minimum Gasteiger partial charge on any atom is -0.493 e. The largest absolute Gasteiger partial charge is 0.493 e. The summed E-state index contributed by atoms with van der Waals surface area (Å²) in [5.41, 5.74) is 1.04. The van der Waals surface area contributed by atoms with Gasteiger partial charge in [-0.3, -0.25) is 4.79 Å². The molecule has 1 fully saturated rings. The first kappa shape index (κ1) is 19.3. The summed E-state index contributed by atoms with van der Waals surface area (Å²) in [4.78, 5) is 14.1. The molecule has 128 valence electrons. The highest BCUT2D eigenvalue weighted by Gasteiger charge is 2.23. The smallest absolute Gasteiger partial charge is 0.260 e. The zero-order chi connectivity index (χ0) is 15.9. The van der Waals surface area contributed by atoms with Crippen LogP contribution in [0.1, 0.15) is 19.4 Å². The zero-order valence-corrected chi connectivity index (χ0v) is 14.7. The highest BCUT2D eigenvalue weighted by molar-refractivity contribution is 5.85. The number of benzene rings is 1. The van der Waals surface area contributed by atoms with Gasteiger partial charge in [0.1, 0.15) is 0 Å². The van der Waals surface area contributed by atoms with E-state index in [9.17, 15) is 4.79 Å². The quantitative estimate of drug-likeness (QED) is 0.894. The van der Waals surface area contributed by atoms with Crippen molar-refractivity contribution < 1.29 is 14.3 Å². The maximum absolute atomic E-state index is 12.3. The Hall–Kier alpha value is -1.72. The van der Waals surface area contributed by atoms with E-state index in [0.29, 0.717) is 11.5 Å². The number of piperazine rings is 1. The molecular formula is C17H25ClN2O3. The topological polar surface area (TPSA) is 50.8 Å². The van der Waals surface area contributed by atoms with Crippen LogP contribution in [-0.4, -0.2) is 50.2 Å². The lowest BCUT2D eigenvalue weighted by Gasteiger charge is -2.33. The maximum atomic E-state index is 12.3. The molecule has 1 N–H and O–H groups in total. The lowest BCUT2D eigenvalue weighted by Crippen LogP contribution is -2.53. The number of methoxy groups -OCH3 is 1. The van der Waals surface area contributed by atoms with Gasteiger partial charge in [0, 0.05) is 25.7 Å². The molecule has 0 saturated carbocycles. The third-order valence-electron chi connectivity index (χ3n) is 3.72. The Bertz CT molecular complexity index is 549. The van der Waals surface area contributed by atoms with E-state index in [1.807, 2.05) is 49.1 Å². The third-order valence-corrected chi connectivity index (χ3v) is 3.72. The van der Waals surface area contributed by atoms with Crippen LogP contribution < -0.4 is 14.8 Å². The van der Waals surface area contributed by atoms with Gasteiger partial charge in [-0.05, 0) is 31.5 Å². The molecule has 1 heterocycles. The summed E-state index contributed by atoms with van der Waals surface area (Å²) in [7, 11) is 1.60. The number of halogens is 1. The second kappa shape index (κ2) is 9.43. The Morgan fingerprint density at radius 3 is 2.87 bits per heavy atom. The summed E-state index contributed by atoms with van der Waals surface area (Å²) in [5, 5.41) is 3.27. The second-order valence-corrected chi connectivity index (χ2v) is 5.34. The van der Waals surface area contributed by atoms with Crippen LogP contribution >= 0.6 is 12.4 Å². The molecular weight excluding hydrogens is 316 g/mol. The van der Waals surface area contributed by atoms with Crippen molar-refractivity contribution in [1.29, 1.82) is 0 Å². The summed E-state index contributed by atoms with van der Waals surface area (Å²) in [6.07, 6.45) is 3.95. The monoisotopic (exact) mass is 340 g/mol. The first-order chi connectivity index (χ1) is 10.7. The number of rotatable bonds is 5. The van der Waals surface area contributed by atoms with E-state index in [1.54, 1.807) is 7.11 Å². The van der Waals surface area contributed by atoms with Gasteiger partial charge in [0.15, 0.2) is 18.1 Å². The van der Waals surface area contributed by atoms with Crippen LogP contribution in [0, 0.1) is 0 Å². The average molecular weight is 341 g/mol. The fourth-order valence-electron chi connectivity index (χ4n) is 2.53. The van der Waals surface area contributed by atoms with Crippen molar-refractivity contribution >= 4 is 24.4 Å². The first-order valence-electron chi connectivity index (χ1n) is 7.59. The molecule has 1 amide bonds. The van der Waals surface area contributed by atoms with Crippen molar-refractivity contribution in [3.8, 4) is 11.5 Å². The molecule has 0 bridgehead atoms. The number of nitrogens with zero attached hydrogens (tertiary/aromatic N) is 1. The van der Waals surface area contributed by atoms with E-state index in [-0.39, 0.29) is 31.0 Å². The van der Waals surface area contributed by atoms with Gasteiger partial charge < -0.3 is 19.7 Å². The van der Waals surface area contributed by atoms with E-state index in [0.717, 1.165) is 25.2 Å². The summed E-state index contributed by atoms with van der Waals surface area (Å²) in [5.74, 6) is 1.23. The molecule has 1 aliphatic rings. The van der Waals surface area contributed by atoms with Crippen molar-refractivity contribution in [2.45, 2.75) is 19.9 Å².